The molecule has 94 valence electrons. The highest BCUT2D eigenvalue weighted by Gasteiger charge is 2.31. The van der Waals surface area contributed by atoms with E-state index in [9.17, 15) is 0 Å². The summed E-state index contributed by atoms with van der Waals surface area (Å²) >= 11 is 0. The van der Waals surface area contributed by atoms with Crippen LogP contribution in [0.15, 0.2) is 11.2 Å². The number of hydrogen-bond acceptors (Lipinski definition) is 4. The Kier molecular flexibility index (Phi) is 2.64. The zero-order valence-electron chi connectivity index (χ0n) is 11.2. The number of aryl methyl sites for hydroxylation is 1. The highest BCUT2D eigenvalue weighted by Crippen LogP contribution is 2.32. The molecular formula is C12H21N5. The van der Waals surface area contributed by atoms with Gasteiger partial charge in [-0.2, -0.15) is 5.10 Å². The van der Waals surface area contributed by atoms with Gasteiger partial charge in [0.2, 0.25) is 0 Å². The van der Waals surface area contributed by atoms with E-state index in [0.29, 0.717) is 5.96 Å². The van der Waals surface area contributed by atoms with E-state index in [1.165, 1.54) is 5.56 Å². The van der Waals surface area contributed by atoms with Crippen LogP contribution in [-0.4, -0.2) is 34.2 Å². The quantitative estimate of drug-likeness (QED) is 0.790. The second-order valence-corrected chi connectivity index (χ2v) is 5.68. The van der Waals surface area contributed by atoms with Crippen molar-refractivity contribution >= 4 is 5.96 Å². The fourth-order valence-electron chi connectivity index (χ4n) is 2.21. The average Bonchev–Trinajstić information content (AvgIpc) is 2.72. The third kappa shape index (κ3) is 2.01. The number of guanidine groups is 1. The molecule has 1 aromatic rings. The topological polar surface area (TPSA) is 59.4 Å². The minimum Gasteiger partial charge on any atom is -0.370 e. The first-order chi connectivity index (χ1) is 7.80. The van der Waals surface area contributed by atoms with Crippen molar-refractivity contribution in [1.29, 1.82) is 0 Å². The Morgan fingerprint density at radius 1 is 1.35 bits per heavy atom. The molecule has 1 aromatic heterocycles. The van der Waals surface area contributed by atoms with Gasteiger partial charge in [-0.05, 0) is 0 Å². The van der Waals surface area contributed by atoms with Crippen LogP contribution in [0, 0.1) is 0 Å². The van der Waals surface area contributed by atoms with Gasteiger partial charge in [-0.1, -0.05) is 20.8 Å². The van der Waals surface area contributed by atoms with Gasteiger partial charge in [0.05, 0.1) is 18.3 Å². The number of likely N-dealkylation sites (N-methyl/N-ethyl adjacent to an activating group) is 1. The van der Waals surface area contributed by atoms with Crippen molar-refractivity contribution in [1.82, 2.24) is 14.7 Å². The third-order valence-corrected chi connectivity index (χ3v) is 3.18. The first kappa shape index (κ1) is 12.0. The molecular weight excluding hydrogens is 214 g/mol. The van der Waals surface area contributed by atoms with E-state index in [1.54, 1.807) is 0 Å². The minimum atomic E-state index is 0.0365. The third-order valence-electron chi connectivity index (χ3n) is 3.18. The second-order valence-electron chi connectivity index (χ2n) is 5.68. The van der Waals surface area contributed by atoms with E-state index in [-0.39, 0.29) is 11.5 Å². The van der Waals surface area contributed by atoms with Crippen LogP contribution >= 0.6 is 0 Å². The molecule has 1 aliphatic rings. The van der Waals surface area contributed by atoms with Crippen molar-refractivity contribution in [2.75, 3.05) is 13.6 Å². The van der Waals surface area contributed by atoms with E-state index >= 15 is 0 Å². The number of nitrogens with two attached hydrogens (primary N) is 1. The van der Waals surface area contributed by atoms with E-state index in [1.807, 2.05) is 23.7 Å². The number of hydrogen-bond donors (Lipinski definition) is 1. The normalized spacial score (nSPS) is 20.9. The smallest absolute Gasteiger partial charge is 0.191 e. The molecule has 2 N–H and O–H groups in total. The molecule has 1 aliphatic heterocycles. The van der Waals surface area contributed by atoms with Crippen molar-refractivity contribution in [3.8, 4) is 0 Å². The number of nitrogens with zero attached hydrogens (tertiary/aromatic N) is 4. The standard InChI is InChI=1S/C12H21N5/c1-12(2,3)10-8(7-16(4)15-10)9-6-14-11(13)17(9)5/h7,9H,6H2,1-5H3,(H2,13,14). The summed E-state index contributed by atoms with van der Waals surface area (Å²) in [6, 6.07) is 0.220. The zero-order chi connectivity index (χ0) is 12.8. The van der Waals surface area contributed by atoms with Gasteiger partial charge < -0.3 is 10.6 Å². The molecule has 0 radical (unpaired) electrons. The van der Waals surface area contributed by atoms with Gasteiger partial charge in [0, 0.05) is 31.3 Å². The first-order valence-corrected chi connectivity index (χ1v) is 5.87. The number of aromatic nitrogens is 2. The van der Waals surface area contributed by atoms with Gasteiger partial charge in [0.25, 0.3) is 0 Å². The Hall–Kier alpha value is -1.52. The molecule has 2 rings (SSSR count). The van der Waals surface area contributed by atoms with Gasteiger partial charge in [-0.25, -0.2) is 0 Å². The lowest BCUT2D eigenvalue weighted by Gasteiger charge is -2.25. The molecule has 0 saturated heterocycles. The fourth-order valence-corrected chi connectivity index (χ4v) is 2.21. The molecule has 0 amide bonds. The summed E-state index contributed by atoms with van der Waals surface area (Å²) in [4.78, 5) is 6.31. The fraction of sp³-hybridized carbons (Fsp3) is 0.667. The number of rotatable bonds is 1. The van der Waals surface area contributed by atoms with Crippen LogP contribution in [0.4, 0.5) is 0 Å². The Morgan fingerprint density at radius 2 is 2.00 bits per heavy atom. The maximum absolute atomic E-state index is 5.82. The van der Waals surface area contributed by atoms with Crippen LogP contribution < -0.4 is 5.73 Å². The Labute approximate surface area is 102 Å². The van der Waals surface area contributed by atoms with Crippen LogP contribution in [0.25, 0.3) is 0 Å². The summed E-state index contributed by atoms with van der Waals surface area (Å²) in [5.74, 6) is 0.610. The first-order valence-electron chi connectivity index (χ1n) is 5.87. The van der Waals surface area contributed by atoms with Gasteiger partial charge in [-0.3, -0.25) is 9.67 Å². The predicted molar refractivity (Wildman–Crippen MR) is 68.9 cm³/mol. The second kappa shape index (κ2) is 3.75. The summed E-state index contributed by atoms with van der Waals surface area (Å²) in [5, 5.41) is 4.58. The van der Waals surface area contributed by atoms with Crippen molar-refractivity contribution in [2.45, 2.75) is 32.2 Å². The summed E-state index contributed by atoms with van der Waals surface area (Å²) in [5.41, 5.74) is 8.21. The molecule has 0 aliphatic carbocycles. The molecule has 2 heterocycles. The highest BCUT2D eigenvalue weighted by molar-refractivity contribution is 5.80. The van der Waals surface area contributed by atoms with Crippen molar-refractivity contribution in [3.05, 3.63) is 17.5 Å². The molecule has 1 atom stereocenters. The number of aliphatic imine (C=N–C) groups is 1. The van der Waals surface area contributed by atoms with E-state index in [2.05, 4.69) is 37.1 Å². The van der Waals surface area contributed by atoms with E-state index in [0.717, 1.165) is 12.2 Å². The van der Waals surface area contributed by atoms with Crippen molar-refractivity contribution in [3.63, 3.8) is 0 Å². The van der Waals surface area contributed by atoms with Crippen LogP contribution in [0.1, 0.15) is 38.1 Å². The van der Waals surface area contributed by atoms with Gasteiger partial charge in [0.1, 0.15) is 0 Å². The summed E-state index contributed by atoms with van der Waals surface area (Å²) in [7, 11) is 3.94. The lowest BCUT2D eigenvalue weighted by Crippen LogP contribution is -2.33. The van der Waals surface area contributed by atoms with E-state index < -0.39 is 0 Å². The van der Waals surface area contributed by atoms with Crippen LogP contribution in [-0.2, 0) is 12.5 Å². The van der Waals surface area contributed by atoms with Gasteiger partial charge in [-0.15, -0.1) is 0 Å². The minimum absolute atomic E-state index is 0.0365. The predicted octanol–water partition coefficient (Wildman–Crippen LogP) is 1.02. The lowest BCUT2D eigenvalue weighted by molar-refractivity contribution is 0.404. The summed E-state index contributed by atoms with van der Waals surface area (Å²) in [6.45, 7) is 7.26. The Morgan fingerprint density at radius 3 is 2.47 bits per heavy atom. The molecule has 0 aromatic carbocycles. The molecule has 0 saturated carbocycles. The molecule has 5 heteroatoms. The largest absolute Gasteiger partial charge is 0.370 e. The Bertz CT molecular complexity index is 452. The molecule has 1 unspecified atom stereocenters. The molecule has 0 fully saturated rings. The lowest BCUT2D eigenvalue weighted by atomic mass is 9.87. The van der Waals surface area contributed by atoms with Crippen LogP contribution in [0.3, 0.4) is 0 Å². The SMILES string of the molecule is CN1C(N)=NCC1c1cn(C)nc1C(C)(C)C. The molecule has 0 spiro atoms. The van der Waals surface area contributed by atoms with E-state index in [4.69, 9.17) is 5.73 Å². The molecule has 17 heavy (non-hydrogen) atoms. The van der Waals surface area contributed by atoms with Crippen LogP contribution in [0.2, 0.25) is 0 Å². The van der Waals surface area contributed by atoms with Gasteiger partial charge in [0.15, 0.2) is 5.96 Å². The summed E-state index contributed by atoms with van der Waals surface area (Å²) in [6.07, 6.45) is 2.08. The average molecular weight is 235 g/mol. The van der Waals surface area contributed by atoms with Crippen LogP contribution in [0.5, 0.6) is 0 Å². The van der Waals surface area contributed by atoms with Crippen molar-refractivity contribution in [2.24, 2.45) is 17.8 Å². The Balaban J connectivity index is 2.40. The molecule has 0 bridgehead atoms. The summed E-state index contributed by atoms with van der Waals surface area (Å²) < 4.78 is 1.87. The van der Waals surface area contributed by atoms with Crippen molar-refractivity contribution < 1.29 is 0 Å². The van der Waals surface area contributed by atoms with Gasteiger partial charge >= 0.3 is 0 Å². The highest BCUT2D eigenvalue weighted by atomic mass is 15.3. The maximum Gasteiger partial charge on any atom is 0.191 e. The maximum atomic E-state index is 5.82. The zero-order valence-corrected chi connectivity index (χ0v) is 11.2. The monoisotopic (exact) mass is 235 g/mol. The molecule has 5 nitrogen and oxygen atoms in total.